The smallest absolute Gasteiger partial charge is 0.263 e. The summed E-state index contributed by atoms with van der Waals surface area (Å²) in [7, 11) is 1.87. The fourth-order valence-corrected chi connectivity index (χ4v) is 4.71. The monoisotopic (exact) mass is 346 g/mol. The van der Waals surface area contributed by atoms with Crippen molar-refractivity contribution in [1.82, 2.24) is 20.1 Å². The van der Waals surface area contributed by atoms with Crippen LogP contribution in [0, 0.1) is 5.41 Å². The number of thiazole rings is 1. The van der Waals surface area contributed by atoms with Crippen molar-refractivity contribution in [3.63, 3.8) is 0 Å². The van der Waals surface area contributed by atoms with E-state index in [0.717, 1.165) is 36.4 Å². The molecule has 4 rings (SSSR count). The van der Waals surface area contributed by atoms with Crippen LogP contribution < -0.4 is 5.32 Å². The highest BCUT2D eigenvalue weighted by atomic mass is 32.1. The molecular formula is C17H22N4O2S. The van der Waals surface area contributed by atoms with Gasteiger partial charge in [0.1, 0.15) is 9.88 Å². The van der Waals surface area contributed by atoms with Gasteiger partial charge >= 0.3 is 0 Å². The molecule has 2 atom stereocenters. The van der Waals surface area contributed by atoms with Gasteiger partial charge in [-0.2, -0.15) is 5.10 Å². The molecule has 2 aliphatic rings. The van der Waals surface area contributed by atoms with Gasteiger partial charge < -0.3 is 10.1 Å². The van der Waals surface area contributed by atoms with E-state index in [1.807, 2.05) is 20.2 Å². The van der Waals surface area contributed by atoms with Gasteiger partial charge in [-0.3, -0.25) is 9.48 Å². The van der Waals surface area contributed by atoms with Crippen LogP contribution in [0.15, 0.2) is 18.6 Å². The lowest BCUT2D eigenvalue weighted by molar-refractivity contribution is -0.169. The predicted octanol–water partition coefficient (Wildman–Crippen LogP) is 2.62. The van der Waals surface area contributed by atoms with E-state index in [-0.39, 0.29) is 17.4 Å². The molecule has 2 saturated carbocycles. The number of carbonyl (C=O) groups excluding carboxylic acids is 1. The second kappa shape index (κ2) is 5.97. The van der Waals surface area contributed by atoms with Crippen molar-refractivity contribution in [3.05, 3.63) is 23.5 Å². The van der Waals surface area contributed by atoms with Gasteiger partial charge in [-0.25, -0.2) is 4.98 Å². The molecule has 2 aromatic rings. The van der Waals surface area contributed by atoms with Crippen molar-refractivity contribution in [1.29, 1.82) is 0 Å². The molecule has 6 nitrogen and oxygen atoms in total. The van der Waals surface area contributed by atoms with E-state index in [4.69, 9.17) is 4.74 Å². The third-order valence-electron chi connectivity index (χ3n) is 5.42. The lowest BCUT2D eigenvalue weighted by atomic mass is 9.51. The molecule has 1 amide bonds. The van der Waals surface area contributed by atoms with Crippen molar-refractivity contribution in [2.24, 2.45) is 12.5 Å². The van der Waals surface area contributed by atoms with Crippen molar-refractivity contribution in [3.8, 4) is 10.6 Å². The number of nitrogens with one attached hydrogen (secondary N) is 1. The first-order chi connectivity index (χ1) is 11.6. The second-order valence-corrected chi connectivity index (χ2v) is 7.76. The molecule has 0 saturated heterocycles. The molecule has 0 aromatic carbocycles. The standard InChI is InChI=1S/C17H22N4O2S/c1-3-23-14-7-13(17(14)5-4-6-17)20-15(22)12-9-18-16(24-12)11-8-19-21(2)10-11/h8-10,13-14H,3-7H2,1-2H3,(H,20,22). The Kier molecular flexibility index (Phi) is 3.92. The largest absolute Gasteiger partial charge is 0.378 e. The SMILES string of the molecule is CCOC1CC(NC(=O)c2cnc(-c3cnn(C)c3)s2)C12CCC2. The lowest BCUT2D eigenvalue weighted by Crippen LogP contribution is -2.67. The average Bonchev–Trinajstić information content (AvgIpc) is 3.12. The van der Waals surface area contributed by atoms with Crippen LogP contribution >= 0.6 is 11.3 Å². The molecule has 7 heteroatoms. The van der Waals surface area contributed by atoms with Gasteiger partial charge in [0.25, 0.3) is 5.91 Å². The molecule has 24 heavy (non-hydrogen) atoms. The summed E-state index contributed by atoms with van der Waals surface area (Å²) in [5, 5.41) is 8.19. The first-order valence-corrected chi connectivity index (χ1v) is 9.31. The fraction of sp³-hybridized carbons (Fsp3) is 0.588. The summed E-state index contributed by atoms with van der Waals surface area (Å²) in [5.74, 6) is -0.0196. The Labute approximate surface area is 145 Å². The molecule has 128 valence electrons. The molecule has 1 spiro atoms. The van der Waals surface area contributed by atoms with Crippen molar-refractivity contribution in [2.45, 2.75) is 44.8 Å². The van der Waals surface area contributed by atoms with Gasteiger partial charge in [-0.05, 0) is 26.2 Å². The highest BCUT2D eigenvalue weighted by Crippen LogP contribution is 2.57. The van der Waals surface area contributed by atoms with E-state index in [9.17, 15) is 4.79 Å². The Bertz CT molecular complexity index is 749. The Morgan fingerprint density at radius 1 is 1.50 bits per heavy atom. The molecule has 2 aromatic heterocycles. The number of carbonyl (C=O) groups is 1. The van der Waals surface area contributed by atoms with E-state index in [1.165, 1.54) is 17.8 Å². The summed E-state index contributed by atoms with van der Waals surface area (Å²) < 4.78 is 7.58. The third-order valence-corrected chi connectivity index (χ3v) is 6.47. The fourth-order valence-electron chi connectivity index (χ4n) is 3.91. The van der Waals surface area contributed by atoms with E-state index in [1.54, 1.807) is 17.1 Å². The number of nitrogens with zero attached hydrogens (tertiary/aromatic N) is 3. The third kappa shape index (κ3) is 2.46. The highest BCUT2D eigenvalue weighted by Gasteiger charge is 2.59. The number of aryl methyl sites for hydroxylation is 1. The molecule has 2 heterocycles. The Morgan fingerprint density at radius 3 is 2.96 bits per heavy atom. The zero-order chi connectivity index (χ0) is 16.7. The maximum Gasteiger partial charge on any atom is 0.263 e. The molecule has 0 radical (unpaired) electrons. The van der Waals surface area contributed by atoms with Gasteiger partial charge in [-0.1, -0.05) is 6.42 Å². The number of hydrogen-bond donors (Lipinski definition) is 1. The minimum absolute atomic E-state index is 0.0196. The van der Waals surface area contributed by atoms with Crippen LogP contribution in [0.25, 0.3) is 10.6 Å². The number of rotatable bonds is 5. The number of amides is 1. The summed E-state index contributed by atoms with van der Waals surface area (Å²) in [6.45, 7) is 2.78. The van der Waals surface area contributed by atoms with Gasteiger partial charge in [0.05, 0.1) is 18.5 Å². The van der Waals surface area contributed by atoms with Crippen LogP contribution in [0.3, 0.4) is 0 Å². The average molecular weight is 346 g/mol. The summed E-state index contributed by atoms with van der Waals surface area (Å²) in [5.41, 5.74) is 1.12. The number of ether oxygens (including phenoxy) is 1. The van der Waals surface area contributed by atoms with Gasteiger partial charge in [0, 0.05) is 36.9 Å². The minimum Gasteiger partial charge on any atom is -0.378 e. The summed E-state index contributed by atoms with van der Waals surface area (Å²) in [6, 6.07) is 0.235. The van der Waals surface area contributed by atoms with Gasteiger partial charge in [-0.15, -0.1) is 11.3 Å². The first-order valence-electron chi connectivity index (χ1n) is 8.49. The maximum absolute atomic E-state index is 12.6. The Morgan fingerprint density at radius 2 is 2.33 bits per heavy atom. The van der Waals surface area contributed by atoms with Crippen molar-refractivity contribution >= 4 is 17.2 Å². The highest BCUT2D eigenvalue weighted by molar-refractivity contribution is 7.16. The van der Waals surface area contributed by atoms with Crippen molar-refractivity contribution < 1.29 is 9.53 Å². The lowest BCUT2D eigenvalue weighted by Gasteiger charge is -2.60. The van der Waals surface area contributed by atoms with E-state index in [0.29, 0.717) is 11.0 Å². The van der Waals surface area contributed by atoms with Crippen LogP contribution in [-0.4, -0.2) is 39.4 Å². The van der Waals surface area contributed by atoms with Crippen LogP contribution in [0.4, 0.5) is 0 Å². The zero-order valence-electron chi connectivity index (χ0n) is 14.0. The summed E-state index contributed by atoms with van der Waals surface area (Å²) >= 11 is 1.41. The molecule has 2 fully saturated rings. The van der Waals surface area contributed by atoms with Crippen LogP contribution in [0.1, 0.15) is 42.3 Å². The molecule has 0 bridgehead atoms. The maximum atomic E-state index is 12.6. The van der Waals surface area contributed by atoms with E-state index >= 15 is 0 Å². The predicted molar refractivity (Wildman–Crippen MR) is 91.9 cm³/mol. The van der Waals surface area contributed by atoms with Crippen molar-refractivity contribution in [2.75, 3.05) is 6.61 Å². The zero-order valence-corrected chi connectivity index (χ0v) is 14.8. The topological polar surface area (TPSA) is 69.0 Å². The number of hydrogen-bond acceptors (Lipinski definition) is 5. The van der Waals surface area contributed by atoms with Crippen LogP contribution in [-0.2, 0) is 11.8 Å². The normalized spacial score (nSPS) is 24.4. The summed E-state index contributed by atoms with van der Waals surface area (Å²) in [4.78, 5) is 17.6. The number of aromatic nitrogens is 3. The Hall–Kier alpha value is -1.73. The van der Waals surface area contributed by atoms with Gasteiger partial charge in [0.2, 0.25) is 0 Å². The quantitative estimate of drug-likeness (QED) is 0.903. The van der Waals surface area contributed by atoms with Crippen LogP contribution in [0.5, 0.6) is 0 Å². The van der Waals surface area contributed by atoms with E-state index < -0.39 is 0 Å². The Balaban J connectivity index is 1.43. The molecule has 2 unspecified atom stereocenters. The van der Waals surface area contributed by atoms with Crippen LogP contribution in [0.2, 0.25) is 0 Å². The van der Waals surface area contributed by atoms with E-state index in [2.05, 4.69) is 15.4 Å². The minimum atomic E-state index is -0.0196. The second-order valence-electron chi connectivity index (χ2n) is 6.72. The summed E-state index contributed by atoms with van der Waals surface area (Å²) in [6.07, 6.45) is 10.1. The molecule has 1 N–H and O–H groups in total. The molecular weight excluding hydrogens is 324 g/mol. The van der Waals surface area contributed by atoms with Gasteiger partial charge in [0.15, 0.2) is 0 Å². The molecule has 2 aliphatic carbocycles. The molecule has 0 aliphatic heterocycles. The first kappa shape index (κ1) is 15.8.